The van der Waals surface area contributed by atoms with Crippen LogP contribution in [-0.4, -0.2) is 76.1 Å². The Balaban J connectivity index is 2.93. The highest BCUT2D eigenvalue weighted by Gasteiger charge is 2.37. The summed E-state index contributed by atoms with van der Waals surface area (Å²) in [5.74, 6) is -3.89. The molecule has 0 aromatic heterocycles. The Morgan fingerprint density at radius 3 is 2.33 bits per heavy atom. The van der Waals surface area contributed by atoms with Crippen molar-refractivity contribution in [2.24, 2.45) is 17.4 Å². The number of carbonyl (C=O) groups is 5. The maximum atomic E-state index is 12.8. The Labute approximate surface area is 180 Å². The molecule has 11 nitrogen and oxygen atoms in total. The summed E-state index contributed by atoms with van der Waals surface area (Å²) in [6, 6.07) is -4.00. The minimum absolute atomic E-state index is 0.103. The fourth-order valence-electron chi connectivity index (χ4n) is 3.18. The van der Waals surface area contributed by atoms with Crippen LogP contribution in [0.4, 0.5) is 0 Å². The Bertz CT molecular complexity index is 673. The first-order valence-corrected chi connectivity index (χ1v) is 10.4. The molecule has 7 N–H and O–H groups in total. The van der Waals surface area contributed by atoms with Crippen molar-refractivity contribution in [3.8, 4) is 0 Å². The van der Waals surface area contributed by atoms with Crippen molar-refractivity contribution >= 4 is 42.2 Å². The molecule has 0 saturated carbocycles. The van der Waals surface area contributed by atoms with Gasteiger partial charge in [0.1, 0.15) is 18.1 Å². The lowest BCUT2D eigenvalue weighted by Crippen LogP contribution is -2.57. The number of likely N-dealkylation sites (tertiary alicyclic amines) is 1. The summed E-state index contributed by atoms with van der Waals surface area (Å²) in [5.41, 5.74) is 10.9. The molecular formula is C18H31N5O6S. The molecule has 170 valence electrons. The number of carbonyl (C=O) groups excluding carboxylic acids is 4. The molecule has 30 heavy (non-hydrogen) atoms. The van der Waals surface area contributed by atoms with Gasteiger partial charge in [-0.05, 0) is 25.2 Å². The highest BCUT2D eigenvalue weighted by Crippen LogP contribution is 2.19. The quantitative estimate of drug-likeness (QED) is 0.203. The summed E-state index contributed by atoms with van der Waals surface area (Å²) in [5, 5.41) is 14.2. The number of hydrogen-bond donors (Lipinski definition) is 6. The van der Waals surface area contributed by atoms with E-state index in [1.165, 1.54) is 4.90 Å². The molecule has 1 rings (SSSR count). The minimum atomic E-state index is -1.22. The normalized spacial score (nSPS) is 19.1. The zero-order valence-electron chi connectivity index (χ0n) is 17.2. The van der Waals surface area contributed by atoms with Gasteiger partial charge in [0.15, 0.2) is 0 Å². The fraction of sp³-hybridized carbons (Fsp3) is 0.722. The van der Waals surface area contributed by atoms with Gasteiger partial charge in [-0.25, -0.2) is 4.79 Å². The van der Waals surface area contributed by atoms with Crippen LogP contribution in [0.15, 0.2) is 0 Å². The topological polar surface area (TPSA) is 185 Å². The lowest BCUT2D eigenvalue weighted by atomic mass is 10.0. The lowest BCUT2D eigenvalue weighted by molar-refractivity contribution is -0.144. The van der Waals surface area contributed by atoms with E-state index in [-0.39, 0.29) is 18.6 Å². The average molecular weight is 446 g/mol. The van der Waals surface area contributed by atoms with Crippen molar-refractivity contribution < 1.29 is 29.1 Å². The summed E-state index contributed by atoms with van der Waals surface area (Å²) >= 11 is 4.01. The van der Waals surface area contributed by atoms with Crippen molar-refractivity contribution in [3.05, 3.63) is 0 Å². The molecule has 0 radical (unpaired) electrons. The summed E-state index contributed by atoms with van der Waals surface area (Å²) in [6.07, 6.45) is 0.699. The highest BCUT2D eigenvalue weighted by atomic mass is 32.1. The van der Waals surface area contributed by atoms with Crippen LogP contribution in [0.25, 0.3) is 0 Å². The van der Waals surface area contributed by atoms with Crippen LogP contribution in [0.5, 0.6) is 0 Å². The van der Waals surface area contributed by atoms with Crippen LogP contribution < -0.4 is 22.1 Å². The number of nitrogens with one attached hydrogen (secondary N) is 2. The maximum Gasteiger partial charge on any atom is 0.326 e. The molecule has 4 amide bonds. The number of nitrogens with two attached hydrogens (primary N) is 2. The molecule has 4 unspecified atom stereocenters. The molecule has 1 fully saturated rings. The molecule has 0 spiro atoms. The van der Waals surface area contributed by atoms with Crippen LogP contribution in [0, 0.1) is 5.92 Å². The minimum Gasteiger partial charge on any atom is -0.480 e. The summed E-state index contributed by atoms with van der Waals surface area (Å²) < 4.78 is 0. The van der Waals surface area contributed by atoms with Crippen LogP contribution in [0.3, 0.4) is 0 Å². The Kier molecular flexibility index (Phi) is 10.1. The van der Waals surface area contributed by atoms with Crippen LogP contribution in [0.1, 0.15) is 39.5 Å². The van der Waals surface area contributed by atoms with Crippen molar-refractivity contribution in [2.75, 3.05) is 12.3 Å². The standard InChI is InChI=1S/C18H31N5O6S/c1-9(2)14(18(28)29)22-15(25)11(5-6-13(20)24)21-16(26)12-4-3-7-23(12)17(27)10(19)8-30/h9-12,14,30H,3-8,19H2,1-2H3,(H2,20,24)(H,21,26)(H,22,25)(H,28,29). The predicted molar refractivity (Wildman–Crippen MR) is 111 cm³/mol. The van der Waals surface area contributed by atoms with E-state index < -0.39 is 59.7 Å². The maximum absolute atomic E-state index is 12.8. The SMILES string of the molecule is CC(C)C(NC(=O)C(CCC(N)=O)NC(=O)C1CCCN1C(=O)C(N)CS)C(=O)O. The summed E-state index contributed by atoms with van der Waals surface area (Å²) in [7, 11) is 0. The second kappa shape index (κ2) is 11.7. The second-order valence-electron chi connectivity index (χ2n) is 7.61. The number of hydrogen-bond acceptors (Lipinski definition) is 7. The highest BCUT2D eigenvalue weighted by molar-refractivity contribution is 7.80. The smallest absolute Gasteiger partial charge is 0.326 e. The van der Waals surface area contributed by atoms with E-state index in [9.17, 15) is 29.1 Å². The van der Waals surface area contributed by atoms with Crippen LogP contribution >= 0.6 is 12.6 Å². The number of nitrogens with zero attached hydrogens (tertiary/aromatic N) is 1. The predicted octanol–water partition coefficient (Wildman–Crippen LogP) is -1.79. The van der Waals surface area contributed by atoms with E-state index >= 15 is 0 Å². The summed E-state index contributed by atoms with van der Waals surface area (Å²) in [6.45, 7) is 3.61. The second-order valence-corrected chi connectivity index (χ2v) is 7.98. The molecule has 1 aliphatic heterocycles. The zero-order valence-corrected chi connectivity index (χ0v) is 18.1. The van der Waals surface area contributed by atoms with E-state index in [4.69, 9.17) is 11.5 Å². The van der Waals surface area contributed by atoms with E-state index in [1.54, 1.807) is 13.8 Å². The van der Waals surface area contributed by atoms with Gasteiger partial charge in [0.25, 0.3) is 0 Å². The fourth-order valence-corrected chi connectivity index (χ4v) is 3.34. The van der Waals surface area contributed by atoms with Crippen molar-refractivity contribution in [1.29, 1.82) is 0 Å². The molecule has 1 saturated heterocycles. The Morgan fingerprint density at radius 2 is 1.83 bits per heavy atom. The first kappa shape index (κ1) is 25.7. The van der Waals surface area contributed by atoms with Crippen molar-refractivity contribution in [3.63, 3.8) is 0 Å². The first-order valence-electron chi connectivity index (χ1n) is 9.78. The number of carboxylic acids is 1. The number of rotatable bonds is 11. The van der Waals surface area contributed by atoms with E-state index in [1.807, 2.05) is 0 Å². The third kappa shape index (κ3) is 7.17. The number of primary amides is 1. The van der Waals surface area contributed by atoms with E-state index in [0.717, 1.165) is 0 Å². The largest absolute Gasteiger partial charge is 0.480 e. The van der Waals surface area contributed by atoms with Crippen LogP contribution in [-0.2, 0) is 24.0 Å². The van der Waals surface area contributed by atoms with Gasteiger partial charge in [-0.1, -0.05) is 13.8 Å². The van der Waals surface area contributed by atoms with Gasteiger partial charge in [-0.15, -0.1) is 0 Å². The number of carboxylic acid groups (broad SMARTS) is 1. The first-order chi connectivity index (χ1) is 14.0. The molecule has 12 heteroatoms. The van der Waals surface area contributed by atoms with Crippen molar-refractivity contribution in [1.82, 2.24) is 15.5 Å². The van der Waals surface area contributed by atoms with Gasteiger partial charge in [-0.3, -0.25) is 19.2 Å². The van der Waals surface area contributed by atoms with Crippen molar-refractivity contribution in [2.45, 2.75) is 63.7 Å². The molecule has 0 bridgehead atoms. The van der Waals surface area contributed by atoms with Crippen LogP contribution in [0.2, 0.25) is 0 Å². The average Bonchev–Trinajstić information content (AvgIpc) is 3.16. The number of aliphatic carboxylic acids is 1. The third-order valence-electron chi connectivity index (χ3n) is 4.90. The lowest BCUT2D eigenvalue weighted by Gasteiger charge is -2.28. The molecule has 0 aliphatic carbocycles. The van der Waals surface area contributed by atoms with Gasteiger partial charge < -0.3 is 32.1 Å². The zero-order chi connectivity index (χ0) is 23.0. The number of thiol groups is 1. The van der Waals surface area contributed by atoms with Gasteiger partial charge in [0.2, 0.25) is 23.6 Å². The molecule has 1 heterocycles. The number of amides is 4. The molecule has 1 aliphatic rings. The molecular weight excluding hydrogens is 414 g/mol. The molecule has 0 aromatic rings. The molecule has 4 atom stereocenters. The van der Waals surface area contributed by atoms with Gasteiger partial charge >= 0.3 is 5.97 Å². The summed E-state index contributed by atoms with van der Waals surface area (Å²) in [4.78, 5) is 61.7. The third-order valence-corrected chi connectivity index (χ3v) is 5.29. The monoisotopic (exact) mass is 445 g/mol. The van der Waals surface area contributed by atoms with E-state index in [0.29, 0.717) is 19.4 Å². The van der Waals surface area contributed by atoms with Gasteiger partial charge in [0, 0.05) is 18.7 Å². The van der Waals surface area contributed by atoms with Gasteiger partial charge in [0.05, 0.1) is 6.04 Å². The Hall–Kier alpha value is -2.34. The Morgan fingerprint density at radius 1 is 1.20 bits per heavy atom. The van der Waals surface area contributed by atoms with Gasteiger partial charge in [-0.2, -0.15) is 12.6 Å². The van der Waals surface area contributed by atoms with E-state index in [2.05, 4.69) is 23.3 Å². The molecule has 0 aromatic carbocycles.